The molecule has 2 rings (SSSR count). The summed E-state index contributed by atoms with van der Waals surface area (Å²) in [5.74, 6) is -1.62. The van der Waals surface area contributed by atoms with Crippen molar-refractivity contribution in [2.75, 3.05) is 0 Å². The summed E-state index contributed by atoms with van der Waals surface area (Å²) >= 11 is 0. The molecule has 2 aromatic carbocycles. The first-order valence-corrected chi connectivity index (χ1v) is 6.87. The highest BCUT2D eigenvalue weighted by Crippen LogP contribution is 2.04. The van der Waals surface area contributed by atoms with Crippen molar-refractivity contribution < 1.29 is 19.4 Å². The lowest BCUT2D eigenvalue weighted by molar-refractivity contribution is -0.156. The highest BCUT2D eigenvalue weighted by Gasteiger charge is 2.20. The van der Waals surface area contributed by atoms with E-state index in [0.717, 1.165) is 11.1 Å². The monoisotopic (exact) mass is 299 g/mol. The minimum Gasteiger partial charge on any atom is -0.478 e. The molecule has 1 atom stereocenters. The van der Waals surface area contributed by atoms with Crippen molar-refractivity contribution in [3.63, 3.8) is 0 Å². The number of carbonyl (C=O) groups excluding carboxylic acids is 1. The predicted octanol–water partition coefficient (Wildman–Crippen LogP) is 1.97. The summed E-state index contributed by atoms with van der Waals surface area (Å²) in [6.45, 7) is 0.115. The number of benzene rings is 2. The molecule has 1 unspecified atom stereocenters. The van der Waals surface area contributed by atoms with Crippen LogP contribution in [0.1, 0.15) is 11.1 Å². The smallest absolute Gasteiger partial charge is 0.354 e. The summed E-state index contributed by atoms with van der Waals surface area (Å²) in [4.78, 5) is 23.1. The normalized spacial score (nSPS) is 11.6. The number of aliphatic carboxylic acids is 1. The van der Waals surface area contributed by atoms with E-state index in [1.807, 2.05) is 48.5 Å². The van der Waals surface area contributed by atoms with E-state index in [1.165, 1.54) is 0 Å². The quantitative estimate of drug-likeness (QED) is 0.766. The Morgan fingerprint density at radius 2 is 1.50 bits per heavy atom. The first-order chi connectivity index (χ1) is 10.6. The van der Waals surface area contributed by atoms with Gasteiger partial charge >= 0.3 is 5.97 Å². The molecule has 0 aliphatic carbocycles. The lowest BCUT2D eigenvalue weighted by Crippen LogP contribution is -2.43. The number of rotatable bonds is 7. The molecule has 0 aromatic heterocycles. The third-order valence-electron chi connectivity index (χ3n) is 2.98. The standard InChI is InChI=1S/C17H17NO4/c19-15(11-13-7-3-1-4-8-13)18-16(17(20)21)22-12-14-9-5-2-6-10-14/h1-10,16H,11-12H2,(H,18,19)(H,20,21). The van der Waals surface area contributed by atoms with Gasteiger partial charge in [0.1, 0.15) is 0 Å². The van der Waals surface area contributed by atoms with Gasteiger partial charge in [-0.1, -0.05) is 60.7 Å². The Labute approximate surface area is 128 Å². The van der Waals surface area contributed by atoms with Crippen LogP contribution in [0.3, 0.4) is 0 Å². The fourth-order valence-corrected chi connectivity index (χ4v) is 1.91. The van der Waals surface area contributed by atoms with E-state index in [1.54, 1.807) is 12.1 Å². The van der Waals surface area contributed by atoms with Crippen LogP contribution >= 0.6 is 0 Å². The lowest BCUT2D eigenvalue weighted by Gasteiger charge is -2.15. The Morgan fingerprint density at radius 3 is 2.05 bits per heavy atom. The van der Waals surface area contributed by atoms with Crippen LogP contribution in [-0.4, -0.2) is 23.2 Å². The van der Waals surface area contributed by atoms with E-state index in [4.69, 9.17) is 9.84 Å². The third kappa shape index (κ3) is 5.03. The molecule has 5 heteroatoms. The molecule has 0 bridgehead atoms. The topological polar surface area (TPSA) is 75.6 Å². The fraction of sp³-hybridized carbons (Fsp3) is 0.176. The number of carbonyl (C=O) groups is 2. The van der Waals surface area contributed by atoms with Crippen molar-refractivity contribution >= 4 is 11.9 Å². The van der Waals surface area contributed by atoms with Crippen LogP contribution in [0.5, 0.6) is 0 Å². The summed E-state index contributed by atoms with van der Waals surface area (Å²) in [7, 11) is 0. The predicted molar refractivity (Wildman–Crippen MR) is 80.9 cm³/mol. The Balaban J connectivity index is 1.88. The van der Waals surface area contributed by atoms with Crippen molar-refractivity contribution in [3.05, 3.63) is 71.8 Å². The van der Waals surface area contributed by atoms with Gasteiger partial charge < -0.3 is 15.2 Å². The van der Waals surface area contributed by atoms with E-state index in [-0.39, 0.29) is 13.0 Å². The number of carboxylic acids is 1. The van der Waals surface area contributed by atoms with Crippen molar-refractivity contribution in [1.82, 2.24) is 5.32 Å². The minimum absolute atomic E-state index is 0.110. The first-order valence-electron chi connectivity index (χ1n) is 6.87. The van der Waals surface area contributed by atoms with Gasteiger partial charge in [-0.2, -0.15) is 0 Å². The molecule has 0 aliphatic rings. The van der Waals surface area contributed by atoms with Crippen molar-refractivity contribution in [2.24, 2.45) is 0 Å². The Kier molecular flexibility index (Phi) is 5.68. The van der Waals surface area contributed by atoms with Gasteiger partial charge in [-0.3, -0.25) is 4.79 Å². The number of ether oxygens (including phenoxy) is 1. The Hall–Kier alpha value is -2.66. The number of hydrogen-bond donors (Lipinski definition) is 2. The summed E-state index contributed by atoms with van der Waals surface area (Å²) in [5, 5.41) is 11.5. The SMILES string of the molecule is O=C(Cc1ccccc1)NC(OCc1ccccc1)C(=O)O. The maximum absolute atomic E-state index is 11.9. The minimum atomic E-state index is -1.36. The molecule has 2 aromatic rings. The van der Waals surface area contributed by atoms with Gasteiger partial charge in [0.2, 0.25) is 12.1 Å². The molecule has 1 amide bonds. The molecule has 0 fully saturated rings. The summed E-state index contributed by atoms with van der Waals surface area (Å²) in [5.41, 5.74) is 1.65. The van der Waals surface area contributed by atoms with Crippen molar-refractivity contribution in [1.29, 1.82) is 0 Å². The molecule has 2 N–H and O–H groups in total. The van der Waals surface area contributed by atoms with E-state index < -0.39 is 18.1 Å². The molecule has 0 saturated carbocycles. The van der Waals surface area contributed by atoms with Crippen LogP contribution < -0.4 is 5.32 Å². The maximum Gasteiger partial charge on any atom is 0.354 e. The molecule has 0 aliphatic heterocycles. The molecule has 0 radical (unpaired) electrons. The maximum atomic E-state index is 11.9. The van der Waals surface area contributed by atoms with Gasteiger partial charge in [-0.05, 0) is 11.1 Å². The van der Waals surface area contributed by atoms with Crippen LogP contribution in [0.15, 0.2) is 60.7 Å². The van der Waals surface area contributed by atoms with Gasteiger partial charge in [-0.25, -0.2) is 4.79 Å². The van der Waals surface area contributed by atoms with Gasteiger partial charge in [0.05, 0.1) is 13.0 Å². The van der Waals surface area contributed by atoms with Crippen LogP contribution in [0, 0.1) is 0 Å². The second-order valence-corrected chi connectivity index (χ2v) is 4.74. The third-order valence-corrected chi connectivity index (χ3v) is 2.98. The molecule has 0 saturated heterocycles. The molecule has 5 nitrogen and oxygen atoms in total. The second-order valence-electron chi connectivity index (χ2n) is 4.74. The van der Waals surface area contributed by atoms with E-state index in [2.05, 4.69) is 5.32 Å². The van der Waals surface area contributed by atoms with Gasteiger partial charge in [0, 0.05) is 0 Å². The van der Waals surface area contributed by atoms with Crippen LogP contribution in [0.25, 0.3) is 0 Å². The molecular formula is C17H17NO4. The molecule has 114 valence electrons. The van der Waals surface area contributed by atoms with Gasteiger partial charge in [0.15, 0.2) is 0 Å². The van der Waals surface area contributed by atoms with Crippen LogP contribution in [0.4, 0.5) is 0 Å². The highest BCUT2D eigenvalue weighted by atomic mass is 16.5. The number of hydrogen-bond acceptors (Lipinski definition) is 3. The van der Waals surface area contributed by atoms with Gasteiger partial charge in [0.25, 0.3) is 0 Å². The zero-order valence-electron chi connectivity index (χ0n) is 11.9. The molecule has 22 heavy (non-hydrogen) atoms. The van der Waals surface area contributed by atoms with Crippen LogP contribution in [-0.2, 0) is 27.4 Å². The second kappa shape index (κ2) is 7.95. The van der Waals surface area contributed by atoms with Crippen molar-refractivity contribution in [2.45, 2.75) is 19.3 Å². The summed E-state index contributed by atoms with van der Waals surface area (Å²) in [6, 6.07) is 18.3. The van der Waals surface area contributed by atoms with E-state index >= 15 is 0 Å². The zero-order valence-corrected chi connectivity index (χ0v) is 11.9. The van der Waals surface area contributed by atoms with E-state index in [9.17, 15) is 9.59 Å². The zero-order chi connectivity index (χ0) is 15.8. The lowest BCUT2D eigenvalue weighted by atomic mass is 10.1. The largest absolute Gasteiger partial charge is 0.478 e. The van der Waals surface area contributed by atoms with E-state index in [0.29, 0.717) is 0 Å². The Bertz CT molecular complexity index is 613. The molecule has 0 spiro atoms. The summed E-state index contributed by atoms with van der Waals surface area (Å²) < 4.78 is 5.27. The highest BCUT2D eigenvalue weighted by molar-refractivity contribution is 5.84. The Morgan fingerprint density at radius 1 is 0.955 bits per heavy atom. The van der Waals surface area contributed by atoms with Gasteiger partial charge in [-0.15, -0.1) is 0 Å². The van der Waals surface area contributed by atoms with Crippen molar-refractivity contribution in [3.8, 4) is 0 Å². The number of amides is 1. The van der Waals surface area contributed by atoms with Crippen LogP contribution in [0.2, 0.25) is 0 Å². The fourth-order valence-electron chi connectivity index (χ4n) is 1.91. The average Bonchev–Trinajstić information content (AvgIpc) is 2.53. The molecular weight excluding hydrogens is 282 g/mol. The average molecular weight is 299 g/mol. The number of nitrogens with one attached hydrogen (secondary N) is 1. The number of carboxylic acid groups (broad SMARTS) is 1. The molecule has 0 heterocycles. The summed E-state index contributed by atoms with van der Waals surface area (Å²) in [6.07, 6.45) is -1.25. The first kappa shape index (κ1) is 15.7.